The molecule has 0 unspecified atom stereocenters. The third-order valence-electron chi connectivity index (χ3n) is 2.65. The first-order valence-electron chi connectivity index (χ1n) is 5.70. The Labute approximate surface area is 125 Å². The van der Waals surface area contributed by atoms with Crippen LogP contribution in [0.1, 0.15) is 5.69 Å². The lowest BCUT2D eigenvalue weighted by molar-refractivity contribution is 0.417. The summed E-state index contributed by atoms with van der Waals surface area (Å²) in [5.74, 6) is 0.436. The van der Waals surface area contributed by atoms with Crippen LogP contribution in [0, 0.1) is 0 Å². The molecule has 2 aromatic rings. The van der Waals surface area contributed by atoms with Gasteiger partial charge in [-0.25, -0.2) is 8.42 Å². The number of sulfonamides is 1. The highest BCUT2D eigenvalue weighted by molar-refractivity contribution is 9.10. The molecular weight excluding hydrogens is 346 g/mol. The van der Waals surface area contributed by atoms with Crippen molar-refractivity contribution >= 4 is 31.6 Å². The average Bonchev–Trinajstić information content (AvgIpc) is 2.88. The van der Waals surface area contributed by atoms with E-state index >= 15 is 0 Å². The summed E-state index contributed by atoms with van der Waals surface area (Å²) in [5, 5.41) is 0. The fourth-order valence-electron chi connectivity index (χ4n) is 1.66. The highest BCUT2D eigenvalue weighted by Gasteiger charge is 2.18. The molecule has 0 bridgehead atoms. The maximum Gasteiger partial charge on any atom is 0.263 e. The molecular formula is C12H14BrN3O3S. The van der Waals surface area contributed by atoms with Crippen LogP contribution in [0.4, 0.5) is 5.69 Å². The number of H-pyrrole nitrogens is 1. The lowest BCUT2D eigenvalue weighted by atomic mass is 10.3. The minimum atomic E-state index is -3.69. The highest BCUT2D eigenvalue weighted by Crippen LogP contribution is 2.30. The minimum absolute atomic E-state index is 0.125. The van der Waals surface area contributed by atoms with E-state index in [1.165, 1.54) is 19.4 Å². The van der Waals surface area contributed by atoms with Crippen LogP contribution in [-0.4, -0.2) is 20.5 Å². The average molecular weight is 360 g/mol. The largest absolute Gasteiger partial charge is 0.495 e. The van der Waals surface area contributed by atoms with Crippen LogP contribution in [0.3, 0.4) is 0 Å². The van der Waals surface area contributed by atoms with E-state index in [0.717, 1.165) is 4.47 Å². The molecule has 0 amide bonds. The molecule has 1 heterocycles. The first kappa shape index (κ1) is 14.9. The summed E-state index contributed by atoms with van der Waals surface area (Å²) in [6.07, 6.45) is 1.40. The van der Waals surface area contributed by atoms with Crippen molar-refractivity contribution in [3.8, 4) is 5.75 Å². The normalized spacial score (nSPS) is 11.3. The molecule has 0 atom stereocenters. The molecule has 8 heteroatoms. The molecule has 4 N–H and O–H groups in total. The van der Waals surface area contributed by atoms with E-state index in [-0.39, 0.29) is 11.4 Å². The van der Waals surface area contributed by atoms with Crippen LogP contribution in [0.2, 0.25) is 0 Å². The van der Waals surface area contributed by atoms with Crippen molar-refractivity contribution in [3.63, 3.8) is 0 Å². The van der Waals surface area contributed by atoms with Crippen molar-refractivity contribution in [1.29, 1.82) is 0 Å². The number of benzene rings is 1. The highest BCUT2D eigenvalue weighted by atomic mass is 79.9. The van der Waals surface area contributed by atoms with Gasteiger partial charge in [-0.15, -0.1) is 0 Å². The summed E-state index contributed by atoms with van der Waals surface area (Å²) in [7, 11) is -2.21. The number of methoxy groups -OCH3 is 1. The lowest BCUT2D eigenvalue weighted by Gasteiger charge is -2.11. The van der Waals surface area contributed by atoms with Crippen LogP contribution < -0.4 is 15.2 Å². The number of hydrogen-bond donors (Lipinski definition) is 3. The molecule has 108 valence electrons. The van der Waals surface area contributed by atoms with Crippen molar-refractivity contribution in [3.05, 3.63) is 40.6 Å². The van der Waals surface area contributed by atoms with Crippen LogP contribution in [0.15, 0.2) is 39.8 Å². The van der Waals surface area contributed by atoms with Gasteiger partial charge in [-0.3, -0.25) is 4.72 Å². The van der Waals surface area contributed by atoms with Crippen molar-refractivity contribution in [2.75, 3.05) is 11.8 Å². The van der Waals surface area contributed by atoms with E-state index in [4.69, 9.17) is 10.5 Å². The van der Waals surface area contributed by atoms with Gasteiger partial charge in [-0.05, 0) is 24.3 Å². The first-order chi connectivity index (χ1) is 9.46. The van der Waals surface area contributed by atoms with Crippen LogP contribution in [0.25, 0.3) is 0 Å². The van der Waals surface area contributed by atoms with Gasteiger partial charge in [0.1, 0.15) is 10.6 Å². The molecule has 1 aromatic heterocycles. The molecule has 2 rings (SSSR count). The number of nitrogens with one attached hydrogen (secondary N) is 2. The van der Waals surface area contributed by atoms with Crippen molar-refractivity contribution < 1.29 is 13.2 Å². The Kier molecular flexibility index (Phi) is 4.36. The topological polar surface area (TPSA) is 97.2 Å². The third kappa shape index (κ3) is 3.14. The summed E-state index contributed by atoms with van der Waals surface area (Å²) in [4.78, 5) is 2.93. The zero-order valence-corrected chi connectivity index (χ0v) is 13.1. The minimum Gasteiger partial charge on any atom is -0.495 e. The van der Waals surface area contributed by atoms with E-state index in [2.05, 4.69) is 25.6 Å². The van der Waals surface area contributed by atoms with Crippen LogP contribution in [0.5, 0.6) is 5.75 Å². The number of anilines is 1. The van der Waals surface area contributed by atoms with Gasteiger partial charge in [0.15, 0.2) is 0 Å². The van der Waals surface area contributed by atoms with Gasteiger partial charge < -0.3 is 15.5 Å². The Balaban J connectivity index is 2.35. The van der Waals surface area contributed by atoms with E-state index in [9.17, 15) is 8.42 Å². The molecule has 0 fully saturated rings. The van der Waals surface area contributed by atoms with Gasteiger partial charge in [0.25, 0.3) is 10.0 Å². The monoisotopic (exact) mass is 359 g/mol. The van der Waals surface area contributed by atoms with Gasteiger partial charge in [0.2, 0.25) is 0 Å². The molecule has 6 nitrogen and oxygen atoms in total. The van der Waals surface area contributed by atoms with Crippen LogP contribution in [-0.2, 0) is 16.6 Å². The fraction of sp³-hybridized carbons (Fsp3) is 0.167. The van der Waals surface area contributed by atoms with Gasteiger partial charge in [-0.1, -0.05) is 15.9 Å². The summed E-state index contributed by atoms with van der Waals surface area (Å²) < 4.78 is 32.9. The van der Waals surface area contributed by atoms with Gasteiger partial charge in [0, 0.05) is 22.9 Å². The predicted octanol–water partition coefficient (Wildman–Crippen LogP) is 2.05. The SMILES string of the molecule is COc1ccc(Br)cc1NS(=O)(=O)c1c[nH]c(CN)c1. The second-order valence-electron chi connectivity index (χ2n) is 4.01. The molecule has 0 radical (unpaired) electrons. The Morgan fingerprint density at radius 3 is 2.75 bits per heavy atom. The second-order valence-corrected chi connectivity index (χ2v) is 6.61. The fourth-order valence-corrected chi connectivity index (χ4v) is 3.09. The van der Waals surface area contributed by atoms with Gasteiger partial charge >= 0.3 is 0 Å². The number of halogens is 1. The molecule has 0 aliphatic carbocycles. The third-order valence-corrected chi connectivity index (χ3v) is 4.49. The molecule has 0 saturated carbocycles. The number of hydrogen-bond acceptors (Lipinski definition) is 4. The van der Waals surface area contributed by atoms with E-state index in [1.807, 2.05) is 0 Å². The molecule has 0 spiro atoms. The summed E-state index contributed by atoms with van der Waals surface area (Å²) in [5.41, 5.74) is 6.46. The number of nitrogens with two attached hydrogens (primary N) is 1. The summed E-state index contributed by atoms with van der Waals surface area (Å²) in [6.45, 7) is 0.246. The number of ether oxygens (including phenoxy) is 1. The zero-order valence-electron chi connectivity index (χ0n) is 10.7. The van der Waals surface area contributed by atoms with Gasteiger partial charge in [0.05, 0.1) is 12.8 Å². The maximum absolute atomic E-state index is 12.3. The molecule has 0 aliphatic heterocycles. The molecule has 1 aromatic carbocycles. The summed E-state index contributed by atoms with van der Waals surface area (Å²) >= 11 is 3.29. The number of rotatable bonds is 5. The second kappa shape index (κ2) is 5.86. The zero-order chi connectivity index (χ0) is 14.8. The number of aromatic amines is 1. The Hall–Kier alpha value is -1.51. The van der Waals surface area contributed by atoms with E-state index < -0.39 is 10.0 Å². The quantitative estimate of drug-likeness (QED) is 0.760. The standard InChI is InChI=1S/C12H14BrN3O3S/c1-19-12-3-2-8(13)4-11(12)16-20(17,18)10-5-9(6-14)15-7-10/h2-5,7,15-16H,6,14H2,1H3. The van der Waals surface area contributed by atoms with Crippen LogP contribution >= 0.6 is 15.9 Å². The van der Waals surface area contributed by atoms with Crippen molar-refractivity contribution in [2.24, 2.45) is 5.73 Å². The maximum atomic E-state index is 12.3. The Morgan fingerprint density at radius 2 is 2.15 bits per heavy atom. The lowest BCUT2D eigenvalue weighted by Crippen LogP contribution is -2.13. The van der Waals surface area contributed by atoms with Crippen molar-refractivity contribution in [1.82, 2.24) is 4.98 Å². The smallest absolute Gasteiger partial charge is 0.263 e. The first-order valence-corrected chi connectivity index (χ1v) is 7.97. The van der Waals surface area contributed by atoms with E-state index in [1.54, 1.807) is 18.2 Å². The molecule has 0 saturated heterocycles. The number of aromatic nitrogens is 1. The molecule has 20 heavy (non-hydrogen) atoms. The van der Waals surface area contributed by atoms with Crippen molar-refractivity contribution in [2.45, 2.75) is 11.4 Å². The van der Waals surface area contributed by atoms with Gasteiger partial charge in [-0.2, -0.15) is 0 Å². The Morgan fingerprint density at radius 1 is 1.40 bits per heavy atom. The van der Waals surface area contributed by atoms with E-state index in [0.29, 0.717) is 17.1 Å². The Bertz CT molecular complexity index is 712. The summed E-state index contributed by atoms with van der Waals surface area (Å²) in [6, 6.07) is 6.56. The molecule has 0 aliphatic rings. The predicted molar refractivity (Wildman–Crippen MR) is 80.2 cm³/mol.